The Labute approximate surface area is 144 Å². The van der Waals surface area contributed by atoms with Crippen LogP contribution in [0.1, 0.15) is 0 Å². The molecule has 0 aliphatic heterocycles. The van der Waals surface area contributed by atoms with E-state index in [1.54, 1.807) is 27.4 Å². The van der Waals surface area contributed by atoms with Crippen molar-refractivity contribution >= 4 is 39.1 Å². The Hall–Kier alpha value is -1.69. The van der Waals surface area contributed by atoms with Gasteiger partial charge < -0.3 is 28.9 Å². The predicted molar refractivity (Wildman–Crippen MR) is 100 cm³/mol. The van der Waals surface area contributed by atoms with E-state index in [4.69, 9.17) is 28.9 Å². The van der Waals surface area contributed by atoms with Crippen molar-refractivity contribution in [3.05, 3.63) is 48.5 Å². The summed E-state index contributed by atoms with van der Waals surface area (Å²) in [5.41, 5.74) is 13.0. The predicted octanol–water partition coefficient (Wildman–Crippen LogP) is 0.932. The lowest BCUT2D eigenvalue weighted by atomic mass is 10.3. The van der Waals surface area contributed by atoms with Crippen LogP contribution in [0.25, 0.3) is 0 Å². The maximum atomic E-state index is 6.45. The van der Waals surface area contributed by atoms with E-state index in [-0.39, 0.29) is 0 Å². The molecule has 1 atom stereocenters. The van der Waals surface area contributed by atoms with Gasteiger partial charge in [-0.05, 0) is 36.0 Å². The number of nitrogens with two attached hydrogens (primary N) is 2. The normalized spacial score (nSPS) is 14.3. The summed E-state index contributed by atoms with van der Waals surface area (Å²) in [6, 6.07) is 14.8. The average Bonchev–Trinajstić information content (AvgIpc) is 2.60. The van der Waals surface area contributed by atoms with Crippen LogP contribution < -0.4 is 21.8 Å². The van der Waals surface area contributed by atoms with E-state index in [1.165, 1.54) is 0 Å². The van der Waals surface area contributed by atoms with Crippen LogP contribution in [-0.4, -0.2) is 38.7 Å². The summed E-state index contributed by atoms with van der Waals surface area (Å²) in [5, 5.41) is 1.73. The van der Waals surface area contributed by atoms with E-state index in [0.717, 1.165) is 10.4 Å². The van der Waals surface area contributed by atoms with Gasteiger partial charge in [-0.25, -0.2) is 0 Å². The van der Waals surface area contributed by atoms with Crippen LogP contribution in [0.2, 0.25) is 6.55 Å². The zero-order chi connectivity index (χ0) is 17.8. The number of hydrogen-bond acceptors (Lipinski definition) is 6. The SMILES string of the molecule is CO[Si](C)(O[Si](OC)(OC)c1cccc(N)c1)c1ccc(N)cc1. The van der Waals surface area contributed by atoms with E-state index in [9.17, 15) is 0 Å². The Bertz CT molecular complexity index is 680. The molecule has 24 heavy (non-hydrogen) atoms. The van der Waals surface area contributed by atoms with Crippen LogP contribution in [0.5, 0.6) is 0 Å². The van der Waals surface area contributed by atoms with Gasteiger partial charge >= 0.3 is 17.4 Å². The standard InChI is InChI=1S/C16H24N2O4Si2/c1-19-23(4,15-10-8-13(17)9-11-15)22-24(20-2,21-3)16-7-5-6-14(18)12-16/h5-12H,17-18H2,1-4H3. The maximum absolute atomic E-state index is 6.45. The average molecular weight is 365 g/mol. The van der Waals surface area contributed by atoms with Gasteiger partial charge in [0.2, 0.25) is 0 Å². The van der Waals surface area contributed by atoms with Crippen LogP contribution >= 0.6 is 0 Å². The fourth-order valence-electron chi connectivity index (χ4n) is 2.45. The molecule has 8 heteroatoms. The monoisotopic (exact) mass is 364 g/mol. The minimum absolute atomic E-state index is 0.621. The second-order valence-corrected chi connectivity index (χ2v) is 11.7. The molecule has 0 aromatic heterocycles. The molecule has 1 unspecified atom stereocenters. The first-order chi connectivity index (χ1) is 11.4. The number of anilines is 2. The van der Waals surface area contributed by atoms with Gasteiger partial charge in [0, 0.05) is 37.9 Å². The van der Waals surface area contributed by atoms with Crippen LogP contribution in [-0.2, 0) is 17.4 Å². The van der Waals surface area contributed by atoms with Crippen molar-refractivity contribution < 1.29 is 17.4 Å². The van der Waals surface area contributed by atoms with Crippen molar-refractivity contribution in [3.8, 4) is 0 Å². The summed E-state index contributed by atoms with van der Waals surface area (Å²) in [4.78, 5) is 0. The highest BCUT2D eigenvalue weighted by atomic mass is 28.5. The smallest absolute Gasteiger partial charge is 0.399 e. The van der Waals surface area contributed by atoms with Crippen LogP contribution in [0.15, 0.2) is 48.5 Å². The van der Waals surface area contributed by atoms with Crippen molar-refractivity contribution in [1.29, 1.82) is 0 Å². The first-order valence-corrected chi connectivity index (χ1v) is 11.5. The van der Waals surface area contributed by atoms with E-state index in [1.807, 2.05) is 49.0 Å². The minimum atomic E-state index is -3.18. The van der Waals surface area contributed by atoms with Crippen molar-refractivity contribution in [3.63, 3.8) is 0 Å². The highest BCUT2D eigenvalue weighted by Gasteiger charge is 2.50. The Kier molecular flexibility index (Phi) is 5.80. The summed E-state index contributed by atoms with van der Waals surface area (Å²) < 4.78 is 23.7. The molecule has 130 valence electrons. The van der Waals surface area contributed by atoms with E-state index in [2.05, 4.69) is 0 Å². The zero-order valence-electron chi connectivity index (χ0n) is 14.4. The molecule has 2 aromatic rings. The topological polar surface area (TPSA) is 89.0 Å². The lowest BCUT2D eigenvalue weighted by molar-refractivity contribution is 0.155. The van der Waals surface area contributed by atoms with Crippen molar-refractivity contribution in [2.75, 3.05) is 32.8 Å². The Balaban J connectivity index is 2.45. The molecule has 0 fully saturated rings. The highest BCUT2D eigenvalue weighted by molar-refractivity contribution is 6.90. The van der Waals surface area contributed by atoms with Gasteiger partial charge in [-0.15, -0.1) is 0 Å². The third-order valence-corrected chi connectivity index (χ3v) is 10.8. The van der Waals surface area contributed by atoms with Gasteiger partial charge in [0.15, 0.2) is 0 Å². The van der Waals surface area contributed by atoms with Crippen LogP contribution in [0.4, 0.5) is 11.4 Å². The first-order valence-electron chi connectivity index (χ1n) is 7.47. The van der Waals surface area contributed by atoms with E-state index in [0.29, 0.717) is 11.4 Å². The van der Waals surface area contributed by atoms with Gasteiger partial charge in [0.05, 0.1) is 0 Å². The first kappa shape index (κ1) is 18.6. The Morgan fingerprint density at radius 2 is 1.38 bits per heavy atom. The number of hydrogen-bond donors (Lipinski definition) is 2. The molecule has 0 aliphatic carbocycles. The largest absolute Gasteiger partial charge is 0.528 e. The number of benzene rings is 2. The molecule has 0 saturated heterocycles. The van der Waals surface area contributed by atoms with Gasteiger partial charge in [0.1, 0.15) is 0 Å². The van der Waals surface area contributed by atoms with Gasteiger partial charge in [-0.1, -0.05) is 24.3 Å². The van der Waals surface area contributed by atoms with Crippen molar-refractivity contribution in [2.45, 2.75) is 6.55 Å². The van der Waals surface area contributed by atoms with Gasteiger partial charge in [-0.2, -0.15) is 0 Å². The molecule has 0 radical (unpaired) electrons. The fourth-order valence-corrected chi connectivity index (χ4v) is 8.73. The molecule has 4 N–H and O–H groups in total. The zero-order valence-corrected chi connectivity index (χ0v) is 16.4. The maximum Gasteiger partial charge on any atom is 0.528 e. The lowest BCUT2D eigenvalue weighted by Gasteiger charge is -2.35. The van der Waals surface area contributed by atoms with E-state index < -0.39 is 17.4 Å². The third kappa shape index (κ3) is 3.69. The molecule has 2 rings (SSSR count). The summed E-state index contributed by atoms with van der Waals surface area (Å²) in [6.45, 7) is 1.95. The quantitative estimate of drug-likeness (QED) is 0.561. The molecule has 0 saturated carbocycles. The second-order valence-electron chi connectivity index (χ2n) is 5.46. The molecule has 0 heterocycles. The fraction of sp³-hybridized carbons (Fsp3) is 0.250. The molecule has 0 bridgehead atoms. The molecule has 2 aromatic carbocycles. The Morgan fingerprint density at radius 1 is 0.750 bits per heavy atom. The van der Waals surface area contributed by atoms with Crippen LogP contribution in [0.3, 0.4) is 0 Å². The molecule has 0 amide bonds. The van der Waals surface area contributed by atoms with Gasteiger partial charge in [-0.3, -0.25) is 0 Å². The number of rotatable bonds is 7. The number of nitrogen functional groups attached to an aromatic ring is 2. The molecular weight excluding hydrogens is 340 g/mol. The summed E-state index contributed by atoms with van der Waals surface area (Å²) in [6.07, 6.45) is 0. The highest BCUT2D eigenvalue weighted by Crippen LogP contribution is 2.19. The minimum Gasteiger partial charge on any atom is -0.399 e. The van der Waals surface area contributed by atoms with Crippen LogP contribution in [0, 0.1) is 0 Å². The molecule has 0 aliphatic rings. The van der Waals surface area contributed by atoms with Crippen molar-refractivity contribution in [2.24, 2.45) is 0 Å². The van der Waals surface area contributed by atoms with E-state index >= 15 is 0 Å². The second kappa shape index (κ2) is 7.47. The third-order valence-electron chi connectivity index (χ3n) is 3.93. The molecule has 6 nitrogen and oxygen atoms in total. The summed E-state index contributed by atoms with van der Waals surface area (Å²) in [5.74, 6) is 0. The lowest BCUT2D eigenvalue weighted by Crippen LogP contribution is -2.65. The van der Waals surface area contributed by atoms with Gasteiger partial charge in [0.25, 0.3) is 0 Å². The molecular formula is C16H24N2O4Si2. The molecule has 0 spiro atoms. The Morgan fingerprint density at radius 3 is 1.88 bits per heavy atom. The summed E-state index contributed by atoms with van der Waals surface area (Å²) >= 11 is 0. The summed E-state index contributed by atoms with van der Waals surface area (Å²) in [7, 11) is -1.18. The van der Waals surface area contributed by atoms with Crippen molar-refractivity contribution in [1.82, 2.24) is 0 Å².